The van der Waals surface area contributed by atoms with Crippen LogP contribution in [0, 0.1) is 0 Å². The third-order valence-corrected chi connectivity index (χ3v) is 4.98. The smallest absolute Gasteiger partial charge is 0.142 e. The lowest BCUT2D eigenvalue weighted by Crippen LogP contribution is -2.44. The van der Waals surface area contributed by atoms with Crippen LogP contribution >= 0.6 is 0 Å². The fraction of sp³-hybridized carbons (Fsp3) is 0.667. The standard InChI is InChI=1S/C18H28N2O3/c1-22-18-12-14(6-10-21)2-3-17(18)19-15-4-8-20(9-5-15)16-7-11-23-13-16/h2-3,12,15-16,19,21H,4-11,13H2,1H3/t16-/m0/s1. The average molecular weight is 320 g/mol. The van der Waals surface area contributed by atoms with Crippen molar-refractivity contribution in [3.8, 4) is 5.75 Å². The van der Waals surface area contributed by atoms with Crippen LogP contribution in [0.4, 0.5) is 5.69 Å². The van der Waals surface area contributed by atoms with Crippen molar-refractivity contribution in [1.82, 2.24) is 4.90 Å². The number of aliphatic hydroxyl groups excluding tert-OH is 1. The largest absolute Gasteiger partial charge is 0.495 e. The van der Waals surface area contributed by atoms with Crippen LogP contribution in [0.25, 0.3) is 0 Å². The number of ether oxygens (including phenoxy) is 2. The summed E-state index contributed by atoms with van der Waals surface area (Å²) < 4.78 is 11.0. The molecular weight excluding hydrogens is 292 g/mol. The summed E-state index contributed by atoms with van der Waals surface area (Å²) in [6.07, 6.45) is 4.15. The van der Waals surface area contributed by atoms with E-state index in [1.54, 1.807) is 7.11 Å². The second-order valence-corrected chi connectivity index (χ2v) is 6.48. The Bertz CT molecular complexity index is 495. The topological polar surface area (TPSA) is 54.0 Å². The monoisotopic (exact) mass is 320 g/mol. The molecule has 2 N–H and O–H groups in total. The summed E-state index contributed by atoms with van der Waals surface area (Å²) in [4.78, 5) is 2.58. The SMILES string of the molecule is COc1cc(CCO)ccc1NC1CCN([C@H]2CCOC2)CC1. The van der Waals surface area contributed by atoms with E-state index in [0.29, 0.717) is 18.5 Å². The fourth-order valence-electron chi connectivity index (χ4n) is 3.58. The van der Waals surface area contributed by atoms with Crippen molar-refractivity contribution < 1.29 is 14.6 Å². The van der Waals surface area contributed by atoms with Crippen LogP contribution in [-0.2, 0) is 11.2 Å². The normalized spacial score (nSPS) is 23.1. The van der Waals surface area contributed by atoms with E-state index in [2.05, 4.69) is 22.3 Å². The number of anilines is 1. The van der Waals surface area contributed by atoms with Crippen molar-refractivity contribution in [1.29, 1.82) is 0 Å². The molecule has 0 unspecified atom stereocenters. The van der Waals surface area contributed by atoms with E-state index in [1.165, 1.54) is 6.42 Å². The summed E-state index contributed by atoms with van der Waals surface area (Å²) in [6.45, 7) is 4.25. The fourth-order valence-corrected chi connectivity index (χ4v) is 3.58. The summed E-state index contributed by atoms with van der Waals surface area (Å²) in [7, 11) is 1.70. The summed E-state index contributed by atoms with van der Waals surface area (Å²) in [5.74, 6) is 0.863. The van der Waals surface area contributed by atoms with Gasteiger partial charge in [0.2, 0.25) is 0 Å². The zero-order valence-electron chi connectivity index (χ0n) is 14.0. The highest BCUT2D eigenvalue weighted by molar-refractivity contribution is 5.58. The lowest BCUT2D eigenvalue weighted by atomic mass is 10.0. The molecular formula is C18H28N2O3. The number of nitrogens with zero attached hydrogens (tertiary/aromatic N) is 1. The Morgan fingerprint density at radius 2 is 2.13 bits per heavy atom. The first kappa shape index (κ1) is 16.6. The summed E-state index contributed by atoms with van der Waals surface area (Å²) >= 11 is 0. The van der Waals surface area contributed by atoms with Crippen molar-refractivity contribution in [3.05, 3.63) is 23.8 Å². The Kier molecular flexibility index (Phi) is 5.75. The third kappa shape index (κ3) is 4.16. The summed E-state index contributed by atoms with van der Waals surface area (Å²) in [5, 5.41) is 12.7. The van der Waals surface area contributed by atoms with Gasteiger partial charge in [-0.3, -0.25) is 4.90 Å². The predicted molar refractivity (Wildman–Crippen MR) is 91.2 cm³/mol. The van der Waals surface area contributed by atoms with Crippen LogP contribution in [0.5, 0.6) is 5.75 Å². The van der Waals surface area contributed by atoms with Gasteiger partial charge in [-0.15, -0.1) is 0 Å². The maximum Gasteiger partial charge on any atom is 0.142 e. The molecule has 5 heteroatoms. The number of aliphatic hydroxyl groups is 1. The van der Waals surface area contributed by atoms with E-state index < -0.39 is 0 Å². The van der Waals surface area contributed by atoms with Crippen LogP contribution in [-0.4, -0.2) is 62.1 Å². The number of piperidine rings is 1. The van der Waals surface area contributed by atoms with Crippen LogP contribution in [0.1, 0.15) is 24.8 Å². The molecule has 2 aliphatic heterocycles. The second-order valence-electron chi connectivity index (χ2n) is 6.48. The molecule has 1 aromatic rings. The second kappa shape index (κ2) is 7.99. The Labute approximate surface area is 138 Å². The van der Waals surface area contributed by atoms with E-state index in [1.807, 2.05) is 6.07 Å². The molecule has 2 fully saturated rings. The quantitative estimate of drug-likeness (QED) is 0.838. The highest BCUT2D eigenvalue weighted by atomic mass is 16.5. The zero-order chi connectivity index (χ0) is 16.1. The van der Waals surface area contributed by atoms with Gasteiger partial charge in [0.05, 0.1) is 19.4 Å². The predicted octanol–water partition coefficient (Wildman–Crippen LogP) is 1.90. The van der Waals surface area contributed by atoms with E-state index in [4.69, 9.17) is 14.6 Å². The lowest BCUT2D eigenvalue weighted by molar-refractivity contribution is 0.124. The van der Waals surface area contributed by atoms with Crippen molar-refractivity contribution in [2.45, 2.75) is 37.8 Å². The Balaban J connectivity index is 1.55. The number of rotatable bonds is 6. The molecule has 0 aliphatic carbocycles. The molecule has 3 rings (SSSR count). The van der Waals surface area contributed by atoms with E-state index in [-0.39, 0.29) is 6.61 Å². The van der Waals surface area contributed by atoms with Gasteiger partial charge >= 0.3 is 0 Å². The molecule has 0 radical (unpaired) electrons. The highest BCUT2D eigenvalue weighted by Crippen LogP contribution is 2.29. The first-order valence-corrected chi connectivity index (χ1v) is 8.66. The van der Waals surface area contributed by atoms with Gasteiger partial charge in [0.15, 0.2) is 0 Å². The number of methoxy groups -OCH3 is 1. The molecule has 0 bridgehead atoms. The van der Waals surface area contributed by atoms with Crippen molar-refractivity contribution in [3.63, 3.8) is 0 Å². The van der Waals surface area contributed by atoms with Crippen molar-refractivity contribution in [2.75, 3.05) is 45.3 Å². The van der Waals surface area contributed by atoms with Crippen molar-refractivity contribution in [2.24, 2.45) is 0 Å². The van der Waals surface area contributed by atoms with Gasteiger partial charge in [-0.1, -0.05) is 6.07 Å². The zero-order valence-corrected chi connectivity index (χ0v) is 14.0. The van der Waals surface area contributed by atoms with Crippen LogP contribution in [0.15, 0.2) is 18.2 Å². The number of hydrogen-bond acceptors (Lipinski definition) is 5. The molecule has 0 saturated carbocycles. The molecule has 0 spiro atoms. The number of nitrogens with one attached hydrogen (secondary N) is 1. The summed E-state index contributed by atoms with van der Waals surface area (Å²) in [5.41, 5.74) is 2.16. The van der Waals surface area contributed by atoms with Gasteiger partial charge in [-0.05, 0) is 43.4 Å². The first-order valence-electron chi connectivity index (χ1n) is 8.66. The minimum absolute atomic E-state index is 0.166. The van der Waals surface area contributed by atoms with Crippen LogP contribution in [0.3, 0.4) is 0 Å². The molecule has 0 amide bonds. The molecule has 0 aromatic heterocycles. The number of hydrogen-bond donors (Lipinski definition) is 2. The molecule has 2 aliphatic rings. The maximum atomic E-state index is 9.06. The van der Waals surface area contributed by atoms with Crippen LogP contribution < -0.4 is 10.1 Å². The van der Waals surface area contributed by atoms with Gasteiger partial charge in [0, 0.05) is 38.4 Å². The molecule has 1 atom stereocenters. The van der Waals surface area contributed by atoms with Gasteiger partial charge in [-0.2, -0.15) is 0 Å². The Morgan fingerprint density at radius 3 is 2.78 bits per heavy atom. The minimum atomic E-state index is 0.166. The maximum absolute atomic E-state index is 9.06. The van der Waals surface area contributed by atoms with E-state index in [9.17, 15) is 0 Å². The molecule has 5 nitrogen and oxygen atoms in total. The number of benzene rings is 1. The summed E-state index contributed by atoms with van der Waals surface area (Å²) in [6, 6.07) is 7.27. The van der Waals surface area contributed by atoms with Crippen LogP contribution in [0.2, 0.25) is 0 Å². The van der Waals surface area contributed by atoms with Crippen molar-refractivity contribution >= 4 is 5.69 Å². The molecule has 2 heterocycles. The molecule has 2 saturated heterocycles. The molecule has 128 valence electrons. The Morgan fingerprint density at radius 1 is 1.30 bits per heavy atom. The lowest BCUT2D eigenvalue weighted by Gasteiger charge is -2.36. The number of likely N-dealkylation sites (tertiary alicyclic amines) is 1. The average Bonchev–Trinajstić information content (AvgIpc) is 3.12. The third-order valence-electron chi connectivity index (χ3n) is 4.98. The molecule has 1 aromatic carbocycles. The van der Waals surface area contributed by atoms with Gasteiger partial charge in [-0.25, -0.2) is 0 Å². The van der Waals surface area contributed by atoms with Gasteiger partial charge in [0.1, 0.15) is 5.75 Å². The first-order chi connectivity index (χ1) is 11.3. The van der Waals surface area contributed by atoms with Gasteiger partial charge < -0.3 is 19.9 Å². The van der Waals surface area contributed by atoms with Gasteiger partial charge in [0.25, 0.3) is 0 Å². The Hall–Kier alpha value is -1.30. The highest BCUT2D eigenvalue weighted by Gasteiger charge is 2.27. The van der Waals surface area contributed by atoms with E-state index in [0.717, 1.165) is 56.1 Å². The molecule has 23 heavy (non-hydrogen) atoms. The minimum Gasteiger partial charge on any atom is -0.495 e. The van der Waals surface area contributed by atoms with E-state index >= 15 is 0 Å².